The van der Waals surface area contributed by atoms with Gasteiger partial charge in [-0.25, -0.2) is 8.78 Å². The second-order valence-electron chi connectivity index (χ2n) is 3.46. The normalized spacial score (nSPS) is 11.5. The maximum atomic E-state index is 13.4. The van der Waals surface area contributed by atoms with Gasteiger partial charge in [0, 0.05) is 17.5 Å². The summed E-state index contributed by atoms with van der Waals surface area (Å²) in [5, 5.41) is 0. The lowest BCUT2D eigenvalue weighted by molar-refractivity contribution is 0.506. The number of hydrogen-bond donors (Lipinski definition) is 1. The van der Waals surface area contributed by atoms with Crippen LogP contribution in [0.3, 0.4) is 0 Å². The highest BCUT2D eigenvalue weighted by atomic mass is 19.2. The highest BCUT2D eigenvalue weighted by Crippen LogP contribution is 2.18. The maximum Gasteiger partial charge on any atom is 0.168 e. The predicted octanol–water partition coefficient (Wildman–Crippen LogP) is 2.82. The minimum absolute atomic E-state index is 0.0376. The molecule has 0 aliphatic heterocycles. The summed E-state index contributed by atoms with van der Waals surface area (Å²) in [5.41, 5.74) is 6.48. The molecule has 2 aromatic rings. The van der Waals surface area contributed by atoms with Crippen molar-refractivity contribution in [3.8, 4) is 0 Å². The average molecular weight is 232 g/mol. The van der Waals surface area contributed by atoms with E-state index in [2.05, 4.69) is 4.98 Å². The van der Waals surface area contributed by atoms with Gasteiger partial charge in [0.2, 0.25) is 0 Å². The van der Waals surface area contributed by atoms with Crippen LogP contribution in [0, 0.1) is 11.6 Å². The Morgan fingerprint density at radius 3 is 2.65 bits per heavy atom. The zero-order valence-electron chi connectivity index (χ0n) is 8.90. The standard InChI is InChI=1S/C13H10F2N2/c14-11-6-3-5-10(13(11)15)12(16)8-9-4-1-2-7-17-9/h1-8H,16H2/b12-8+. The Labute approximate surface area is 97.4 Å². The topological polar surface area (TPSA) is 38.9 Å². The third kappa shape index (κ3) is 2.47. The van der Waals surface area contributed by atoms with Crippen LogP contribution in [0.25, 0.3) is 11.8 Å². The highest BCUT2D eigenvalue weighted by Gasteiger charge is 2.09. The van der Waals surface area contributed by atoms with Crippen LogP contribution in [-0.4, -0.2) is 4.98 Å². The molecule has 0 bridgehead atoms. The molecular weight excluding hydrogens is 222 g/mol. The van der Waals surface area contributed by atoms with E-state index in [1.165, 1.54) is 18.2 Å². The molecule has 0 saturated heterocycles. The minimum Gasteiger partial charge on any atom is -0.398 e. The summed E-state index contributed by atoms with van der Waals surface area (Å²) in [7, 11) is 0. The van der Waals surface area contributed by atoms with Crippen molar-refractivity contribution < 1.29 is 8.78 Å². The SMILES string of the molecule is N/C(=C/c1ccccn1)c1cccc(F)c1F. The van der Waals surface area contributed by atoms with Crippen molar-refractivity contribution >= 4 is 11.8 Å². The molecule has 17 heavy (non-hydrogen) atoms. The first-order valence-corrected chi connectivity index (χ1v) is 5.01. The quantitative estimate of drug-likeness (QED) is 0.864. The lowest BCUT2D eigenvalue weighted by Gasteiger charge is -2.04. The van der Waals surface area contributed by atoms with Crippen molar-refractivity contribution in [1.82, 2.24) is 4.98 Å². The molecule has 0 fully saturated rings. The van der Waals surface area contributed by atoms with Gasteiger partial charge in [-0.05, 0) is 30.3 Å². The number of nitrogens with zero attached hydrogens (tertiary/aromatic N) is 1. The molecule has 0 amide bonds. The van der Waals surface area contributed by atoms with Gasteiger partial charge >= 0.3 is 0 Å². The Balaban J connectivity index is 2.41. The fraction of sp³-hybridized carbons (Fsp3) is 0. The van der Waals surface area contributed by atoms with Crippen LogP contribution in [0.5, 0.6) is 0 Å². The minimum atomic E-state index is -0.947. The van der Waals surface area contributed by atoms with E-state index in [1.807, 2.05) is 0 Å². The predicted molar refractivity (Wildman–Crippen MR) is 62.7 cm³/mol. The maximum absolute atomic E-state index is 13.4. The molecule has 0 spiro atoms. The molecule has 0 saturated carbocycles. The van der Waals surface area contributed by atoms with E-state index in [1.54, 1.807) is 24.4 Å². The van der Waals surface area contributed by atoms with Crippen LogP contribution in [-0.2, 0) is 0 Å². The van der Waals surface area contributed by atoms with Crippen molar-refractivity contribution in [2.75, 3.05) is 0 Å². The average Bonchev–Trinajstić information content (AvgIpc) is 2.34. The molecule has 0 unspecified atom stereocenters. The van der Waals surface area contributed by atoms with Crippen LogP contribution in [0.15, 0.2) is 42.6 Å². The Kier molecular flexibility index (Phi) is 3.14. The van der Waals surface area contributed by atoms with E-state index < -0.39 is 11.6 Å². The number of halogens is 2. The Morgan fingerprint density at radius 2 is 1.94 bits per heavy atom. The molecule has 0 aliphatic rings. The molecule has 4 heteroatoms. The number of hydrogen-bond acceptors (Lipinski definition) is 2. The second kappa shape index (κ2) is 4.74. The Morgan fingerprint density at radius 1 is 1.12 bits per heavy atom. The summed E-state index contributed by atoms with van der Waals surface area (Å²) < 4.78 is 26.4. The first-order chi connectivity index (χ1) is 8.18. The zero-order chi connectivity index (χ0) is 12.3. The van der Waals surface area contributed by atoms with Gasteiger partial charge in [0.25, 0.3) is 0 Å². The fourth-order valence-corrected chi connectivity index (χ4v) is 1.43. The first kappa shape index (κ1) is 11.3. The number of nitrogens with two attached hydrogens (primary N) is 1. The summed E-state index contributed by atoms with van der Waals surface area (Å²) in [4.78, 5) is 4.02. The third-order valence-corrected chi connectivity index (χ3v) is 2.25. The van der Waals surface area contributed by atoms with E-state index in [9.17, 15) is 8.78 Å². The summed E-state index contributed by atoms with van der Waals surface area (Å²) in [6.07, 6.45) is 3.10. The Bertz CT molecular complexity index is 551. The smallest absolute Gasteiger partial charge is 0.168 e. The molecule has 0 radical (unpaired) electrons. The molecule has 2 rings (SSSR count). The van der Waals surface area contributed by atoms with Crippen LogP contribution in [0.1, 0.15) is 11.3 Å². The van der Waals surface area contributed by atoms with E-state index in [-0.39, 0.29) is 11.3 Å². The number of rotatable bonds is 2. The van der Waals surface area contributed by atoms with Crippen molar-refractivity contribution in [2.24, 2.45) is 5.73 Å². The van der Waals surface area contributed by atoms with Crippen molar-refractivity contribution in [3.05, 3.63) is 65.5 Å². The van der Waals surface area contributed by atoms with Gasteiger partial charge in [-0.3, -0.25) is 4.98 Å². The largest absolute Gasteiger partial charge is 0.398 e. The number of benzene rings is 1. The molecule has 0 aliphatic carbocycles. The summed E-state index contributed by atoms with van der Waals surface area (Å²) in [6.45, 7) is 0. The van der Waals surface area contributed by atoms with Gasteiger partial charge in [-0.15, -0.1) is 0 Å². The van der Waals surface area contributed by atoms with Crippen LogP contribution < -0.4 is 5.73 Å². The lowest BCUT2D eigenvalue weighted by Crippen LogP contribution is -2.01. The van der Waals surface area contributed by atoms with Crippen LogP contribution in [0.2, 0.25) is 0 Å². The van der Waals surface area contributed by atoms with Gasteiger partial charge in [0.15, 0.2) is 11.6 Å². The van der Waals surface area contributed by atoms with E-state index >= 15 is 0 Å². The van der Waals surface area contributed by atoms with Crippen LogP contribution in [0.4, 0.5) is 8.78 Å². The van der Waals surface area contributed by atoms with Gasteiger partial charge in [0.1, 0.15) is 0 Å². The molecular formula is C13H10F2N2. The zero-order valence-corrected chi connectivity index (χ0v) is 8.90. The van der Waals surface area contributed by atoms with Gasteiger partial charge in [0.05, 0.1) is 5.69 Å². The Hall–Kier alpha value is -2.23. The molecule has 86 valence electrons. The lowest BCUT2D eigenvalue weighted by atomic mass is 10.1. The fourth-order valence-electron chi connectivity index (χ4n) is 1.43. The summed E-state index contributed by atoms with van der Waals surface area (Å²) >= 11 is 0. The first-order valence-electron chi connectivity index (χ1n) is 5.01. The summed E-state index contributed by atoms with van der Waals surface area (Å²) in [5.74, 6) is -1.86. The molecule has 1 heterocycles. The third-order valence-electron chi connectivity index (χ3n) is 2.25. The molecule has 0 atom stereocenters. The monoisotopic (exact) mass is 232 g/mol. The highest BCUT2D eigenvalue weighted by molar-refractivity contribution is 5.78. The van der Waals surface area contributed by atoms with Crippen molar-refractivity contribution in [3.63, 3.8) is 0 Å². The van der Waals surface area contributed by atoms with Gasteiger partial charge < -0.3 is 5.73 Å². The number of aromatic nitrogens is 1. The second-order valence-corrected chi connectivity index (χ2v) is 3.46. The van der Waals surface area contributed by atoms with E-state index in [0.29, 0.717) is 5.69 Å². The van der Waals surface area contributed by atoms with Crippen LogP contribution >= 0.6 is 0 Å². The number of pyridine rings is 1. The molecule has 2 nitrogen and oxygen atoms in total. The van der Waals surface area contributed by atoms with E-state index in [0.717, 1.165) is 6.07 Å². The van der Waals surface area contributed by atoms with Crippen molar-refractivity contribution in [1.29, 1.82) is 0 Å². The molecule has 1 aromatic carbocycles. The molecule has 2 N–H and O–H groups in total. The van der Waals surface area contributed by atoms with E-state index in [4.69, 9.17) is 5.73 Å². The summed E-state index contributed by atoms with van der Waals surface area (Å²) in [6, 6.07) is 9.15. The van der Waals surface area contributed by atoms with Gasteiger partial charge in [-0.1, -0.05) is 12.1 Å². The molecule has 1 aromatic heterocycles. The van der Waals surface area contributed by atoms with Crippen molar-refractivity contribution in [2.45, 2.75) is 0 Å². The van der Waals surface area contributed by atoms with Gasteiger partial charge in [-0.2, -0.15) is 0 Å².